The van der Waals surface area contributed by atoms with E-state index in [1.54, 1.807) is 5.48 Å². The number of nitrogens with zero attached hydrogens (tertiary/aromatic N) is 1. The number of benzene rings is 3. The molecule has 1 spiro atoms. The Labute approximate surface area is 293 Å². The van der Waals surface area contributed by atoms with Gasteiger partial charge in [-0.3, -0.25) is 14.8 Å². The van der Waals surface area contributed by atoms with E-state index < -0.39 is 18.0 Å². The van der Waals surface area contributed by atoms with Gasteiger partial charge in [0.25, 0.3) is 0 Å². The third kappa shape index (κ3) is 9.76. The van der Waals surface area contributed by atoms with Crippen molar-refractivity contribution in [1.82, 2.24) is 15.7 Å². The molecule has 3 fully saturated rings. The molecule has 11 heteroatoms. The molecule has 3 aliphatic heterocycles. The molecule has 3 aromatic carbocycles. The molecule has 3 atom stereocenters. The van der Waals surface area contributed by atoms with Crippen molar-refractivity contribution in [2.24, 2.45) is 0 Å². The Morgan fingerprint density at radius 1 is 0.800 bits per heavy atom. The van der Waals surface area contributed by atoms with Crippen LogP contribution in [0.3, 0.4) is 0 Å². The molecule has 3 aliphatic rings. The van der Waals surface area contributed by atoms with E-state index in [9.17, 15) is 14.7 Å². The van der Waals surface area contributed by atoms with Gasteiger partial charge in [-0.25, -0.2) is 5.48 Å². The van der Waals surface area contributed by atoms with E-state index in [0.717, 1.165) is 78.7 Å². The maximum Gasteiger partial charge on any atom is 0.243 e. The Hall–Kier alpha value is -3.68. The lowest BCUT2D eigenvalue weighted by Crippen LogP contribution is -2.48. The topological polar surface area (TPSA) is 139 Å². The highest BCUT2D eigenvalue weighted by atomic mass is 16.7. The fraction of sp³-hybridized carbons (Fsp3) is 0.487. The first-order valence-corrected chi connectivity index (χ1v) is 17.8. The molecule has 0 aliphatic carbocycles. The number of hydroxylamine groups is 1. The van der Waals surface area contributed by atoms with Crippen molar-refractivity contribution in [2.75, 3.05) is 32.8 Å². The molecule has 0 unspecified atom stereocenters. The summed E-state index contributed by atoms with van der Waals surface area (Å²) >= 11 is 0. The summed E-state index contributed by atoms with van der Waals surface area (Å²) in [6, 6.07) is 24.4. The van der Waals surface area contributed by atoms with E-state index in [4.69, 9.17) is 24.2 Å². The molecule has 0 saturated carbocycles. The van der Waals surface area contributed by atoms with Gasteiger partial charge >= 0.3 is 0 Å². The molecule has 3 heterocycles. The first-order valence-electron chi connectivity index (χ1n) is 17.8. The van der Waals surface area contributed by atoms with E-state index in [1.807, 2.05) is 48.5 Å². The van der Waals surface area contributed by atoms with Gasteiger partial charge in [-0.15, -0.1) is 0 Å². The maximum absolute atomic E-state index is 12.4. The minimum atomic E-state index is -0.561. The van der Waals surface area contributed by atoms with Gasteiger partial charge in [-0.05, 0) is 52.8 Å². The van der Waals surface area contributed by atoms with Crippen molar-refractivity contribution in [3.8, 4) is 11.1 Å². The Balaban J connectivity index is 1.10. The summed E-state index contributed by atoms with van der Waals surface area (Å²) in [5.41, 5.74) is 7.54. The lowest BCUT2D eigenvalue weighted by Gasteiger charge is -2.41. The van der Waals surface area contributed by atoms with E-state index in [-0.39, 0.29) is 31.1 Å². The number of carbonyl (C=O) groups is 2. The summed E-state index contributed by atoms with van der Waals surface area (Å²) < 4.78 is 25.2. The van der Waals surface area contributed by atoms with Crippen molar-refractivity contribution in [3.63, 3.8) is 0 Å². The van der Waals surface area contributed by atoms with Gasteiger partial charge in [-0.1, -0.05) is 67.1 Å². The highest BCUT2D eigenvalue weighted by Gasteiger charge is 2.41. The zero-order valence-electron chi connectivity index (χ0n) is 28.6. The van der Waals surface area contributed by atoms with E-state index in [2.05, 4.69) is 34.5 Å². The predicted octanol–water partition coefficient (Wildman–Crippen LogP) is 5.30. The van der Waals surface area contributed by atoms with Gasteiger partial charge in [0.15, 0.2) is 12.1 Å². The van der Waals surface area contributed by atoms with E-state index in [1.165, 1.54) is 0 Å². The summed E-state index contributed by atoms with van der Waals surface area (Å²) in [4.78, 5) is 26.0. The quantitative estimate of drug-likeness (QED) is 0.101. The first kappa shape index (κ1) is 36.1. The molecule has 6 rings (SSSR count). The van der Waals surface area contributed by atoms with Crippen LogP contribution in [0.15, 0.2) is 72.8 Å². The molecule has 268 valence electrons. The number of aliphatic hydroxyl groups is 1. The van der Waals surface area contributed by atoms with Crippen LogP contribution < -0.4 is 10.8 Å². The SMILES string of the molecule is O=C(CCCCCC(=O)NCc1cccc(-c2cccc([C@H]3O[C@@H](CN4CCC5(CC4)OCCO5)C[C@@H](c4ccc(CO)cc4)O3)c2)c1)NO. The van der Waals surface area contributed by atoms with Crippen LogP contribution in [0.4, 0.5) is 0 Å². The van der Waals surface area contributed by atoms with Crippen molar-refractivity contribution < 1.29 is 38.9 Å². The number of amides is 2. The number of hydrogen-bond donors (Lipinski definition) is 4. The number of likely N-dealkylation sites (tertiary alicyclic amines) is 1. The average Bonchev–Trinajstić information content (AvgIpc) is 3.62. The zero-order valence-corrected chi connectivity index (χ0v) is 28.6. The van der Waals surface area contributed by atoms with Gasteiger partial charge in [0.2, 0.25) is 11.8 Å². The molecular weight excluding hydrogens is 638 g/mol. The van der Waals surface area contributed by atoms with Crippen LogP contribution in [0.25, 0.3) is 11.1 Å². The minimum absolute atomic E-state index is 0.000539. The van der Waals surface area contributed by atoms with Gasteiger partial charge in [-0.2, -0.15) is 0 Å². The molecule has 11 nitrogen and oxygen atoms in total. The summed E-state index contributed by atoms with van der Waals surface area (Å²) in [5, 5.41) is 21.2. The van der Waals surface area contributed by atoms with Crippen LogP contribution in [0.2, 0.25) is 0 Å². The average molecular weight is 688 g/mol. The summed E-state index contributed by atoms with van der Waals surface area (Å²) in [7, 11) is 0. The zero-order chi connectivity index (χ0) is 34.8. The fourth-order valence-electron chi connectivity index (χ4n) is 7.00. The largest absolute Gasteiger partial charge is 0.392 e. The van der Waals surface area contributed by atoms with Gasteiger partial charge < -0.3 is 34.3 Å². The molecule has 3 aromatic rings. The van der Waals surface area contributed by atoms with Crippen LogP contribution in [-0.4, -0.2) is 71.8 Å². The Morgan fingerprint density at radius 3 is 2.22 bits per heavy atom. The number of aliphatic hydroxyl groups excluding tert-OH is 1. The third-order valence-electron chi connectivity index (χ3n) is 9.85. The Bertz CT molecular complexity index is 1550. The number of unbranched alkanes of at least 4 members (excludes halogenated alkanes) is 2. The van der Waals surface area contributed by atoms with Crippen molar-refractivity contribution in [1.29, 1.82) is 0 Å². The first-order chi connectivity index (χ1) is 24.4. The smallest absolute Gasteiger partial charge is 0.243 e. The number of piperidine rings is 1. The molecule has 0 radical (unpaired) electrons. The second-order valence-electron chi connectivity index (χ2n) is 13.5. The third-order valence-corrected chi connectivity index (χ3v) is 9.85. The van der Waals surface area contributed by atoms with Gasteiger partial charge in [0.1, 0.15) is 0 Å². The van der Waals surface area contributed by atoms with Crippen LogP contribution in [0, 0.1) is 0 Å². The van der Waals surface area contributed by atoms with Crippen LogP contribution in [-0.2, 0) is 41.7 Å². The maximum atomic E-state index is 12.4. The standard InChI is InChI=1S/C39H49N3O8/c43-27-28-12-14-30(15-13-28)35-24-34(26-42-18-16-39(17-19-42)47-20-21-48-39)49-38(50-35)33-9-5-8-32(23-33)31-7-4-6-29(22-31)25-40-36(44)10-2-1-3-11-37(45)41-46/h4-9,12-15,22-23,34-35,38,43,46H,1-3,10-11,16-21,24-27H2,(H,40,44)(H,41,45)/t34-,35+,38+/m1/s1. The summed E-state index contributed by atoms with van der Waals surface area (Å²) in [6.45, 7) is 4.31. The Morgan fingerprint density at radius 2 is 1.50 bits per heavy atom. The molecule has 0 aromatic heterocycles. The molecule has 4 N–H and O–H groups in total. The lowest BCUT2D eigenvalue weighted by atomic mass is 9.97. The fourth-order valence-corrected chi connectivity index (χ4v) is 7.00. The predicted molar refractivity (Wildman–Crippen MR) is 185 cm³/mol. The lowest BCUT2D eigenvalue weighted by molar-refractivity contribution is -0.255. The monoisotopic (exact) mass is 687 g/mol. The summed E-state index contributed by atoms with van der Waals surface area (Å²) in [5.74, 6) is -0.858. The van der Waals surface area contributed by atoms with Crippen molar-refractivity contribution >= 4 is 11.8 Å². The number of ether oxygens (including phenoxy) is 4. The normalized spacial score (nSPS) is 22.0. The van der Waals surface area contributed by atoms with Crippen LogP contribution in [0.1, 0.15) is 86.0 Å². The van der Waals surface area contributed by atoms with E-state index in [0.29, 0.717) is 39.0 Å². The molecule has 0 bridgehead atoms. The molecular formula is C39H49N3O8. The highest BCUT2D eigenvalue weighted by Crippen LogP contribution is 2.40. The molecule has 2 amide bonds. The number of nitrogens with one attached hydrogen (secondary N) is 2. The number of hydrogen-bond acceptors (Lipinski definition) is 9. The van der Waals surface area contributed by atoms with E-state index >= 15 is 0 Å². The van der Waals surface area contributed by atoms with Crippen molar-refractivity contribution in [3.05, 3.63) is 95.1 Å². The van der Waals surface area contributed by atoms with Crippen molar-refractivity contribution in [2.45, 2.75) is 88.8 Å². The van der Waals surface area contributed by atoms with Crippen LogP contribution in [0.5, 0.6) is 0 Å². The van der Waals surface area contributed by atoms with Crippen LogP contribution >= 0.6 is 0 Å². The molecule has 3 saturated heterocycles. The minimum Gasteiger partial charge on any atom is -0.392 e. The van der Waals surface area contributed by atoms with Gasteiger partial charge in [0, 0.05) is 63.8 Å². The number of carbonyl (C=O) groups excluding carboxylic acids is 2. The van der Waals surface area contributed by atoms with Gasteiger partial charge in [0.05, 0.1) is 32.0 Å². The highest BCUT2D eigenvalue weighted by molar-refractivity contribution is 5.76. The Kier molecular flexibility index (Phi) is 12.6. The second-order valence-corrected chi connectivity index (χ2v) is 13.5. The second kappa shape index (κ2) is 17.5. The number of rotatable bonds is 14. The summed E-state index contributed by atoms with van der Waals surface area (Å²) in [6.07, 6.45) is 4.33. The molecule has 50 heavy (non-hydrogen) atoms.